The summed E-state index contributed by atoms with van der Waals surface area (Å²) in [5.74, 6) is 1.02. The van der Waals surface area contributed by atoms with Crippen LogP contribution in [0.3, 0.4) is 0 Å². The molecule has 0 aromatic heterocycles. The first-order valence-electron chi connectivity index (χ1n) is 7.23. The molecule has 2 heteroatoms. The molecule has 1 aliphatic rings. The predicted molar refractivity (Wildman–Crippen MR) is 73.2 cm³/mol. The van der Waals surface area contributed by atoms with Crippen molar-refractivity contribution in [2.75, 3.05) is 14.1 Å². The van der Waals surface area contributed by atoms with Crippen LogP contribution in [0.25, 0.3) is 0 Å². The summed E-state index contributed by atoms with van der Waals surface area (Å²) in [6, 6.07) is 0. The lowest BCUT2D eigenvalue weighted by atomic mass is 9.80. The molecule has 1 rings (SSSR count). The first-order valence-corrected chi connectivity index (χ1v) is 7.23. The molecule has 0 aromatic carbocycles. The van der Waals surface area contributed by atoms with E-state index in [0.29, 0.717) is 11.7 Å². The van der Waals surface area contributed by atoms with Gasteiger partial charge in [0.1, 0.15) is 0 Å². The van der Waals surface area contributed by atoms with Gasteiger partial charge in [-0.3, -0.25) is 9.69 Å². The van der Waals surface area contributed by atoms with E-state index in [0.717, 1.165) is 25.7 Å². The number of carbonyl (C=O) groups is 1. The van der Waals surface area contributed by atoms with Crippen LogP contribution in [-0.2, 0) is 4.79 Å². The van der Waals surface area contributed by atoms with Gasteiger partial charge in [0.15, 0.2) is 5.78 Å². The second kappa shape index (κ2) is 6.53. The van der Waals surface area contributed by atoms with Gasteiger partial charge < -0.3 is 0 Å². The molecule has 0 aliphatic heterocycles. The van der Waals surface area contributed by atoms with Crippen molar-refractivity contribution in [3.8, 4) is 0 Å². The highest BCUT2D eigenvalue weighted by Crippen LogP contribution is 2.33. The lowest BCUT2D eigenvalue weighted by molar-refractivity contribution is -0.131. The van der Waals surface area contributed by atoms with E-state index < -0.39 is 0 Å². The molecule has 1 unspecified atom stereocenters. The minimum atomic E-state index is -0.153. The number of hydrogen-bond acceptors (Lipinski definition) is 2. The monoisotopic (exact) mass is 239 g/mol. The number of likely N-dealkylation sites (N-methyl/N-ethyl adjacent to an activating group) is 1. The van der Waals surface area contributed by atoms with Crippen LogP contribution >= 0.6 is 0 Å². The molecule has 0 aromatic rings. The molecule has 0 bridgehead atoms. The summed E-state index contributed by atoms with van der Waals surface area (Å²) in [6.45, 7) is 4.37. The molecule has 1 fully saturated rings. The molecular weight excluding hydrogens is 210 g/mol. The normalized spacial score (nSPS) is 22.2. The average Bonchev–Trinajstić information content (AvgIpc) is 2.54. The minimum absolute atomic E-state index is 0.153. The molecule has 2 nitrogen and oxygen atoms in total. The van der Waals surface area contributed by atoms with Crippen molar-refractivity contribution in [3.05, 3.63) is 0 Å². The Balaban J connectivity index is 2.78. The van der Waals surface area contributed by atoms with E-state index in [4.69, 9.17) is 0 Å². The standard InChI is InChI=1S/C15H29NO/c1-5-13(2)12-14(17)15(16(3)4)10-8-6-7-9-11-15/h13H,5-12H2,1-4H3. The number of carbonyl (C=O) groups excluding carboxylic acids is 1. The fourth-order valence-corrected chi connectivity index (χ4v) is 2.94. The van der Waals surface area contributed by atoms with Crippen LogP contribution in [0.2, 0.25) is 0 Å². The summed E-state index contributed by atoms with van der Waals surface area (Å²) < 4.78 is 0. The summed E-state index contributed by atoms with van der Waals surface area (Å²) in [4.78, 5) is 14.8. The second-order valence-electron chi connectivity index (χ2n) is 5.98. The van der Waals surface area contributed by atoms with Gasteiger partial charge in [-0.05, 0) is 32.9 Å². The third-order valence-corrected chi connectivity index (χ3v) is 4.54. The Kier molecular flexibility index (Phi) is 5.64. The molecule has 17 heavy (non-hydrogen) atoms. The van der Waals surface area contributed by atoms with Crippen molar-refractivity contribution in [1.82, 2.24) is 4.90 Å². The summed E-state index contributed by atoms with van der Waals surface area (Å²) in [5, 5.41) is 0. The summed E-state index contributed by atoms with van der Waals surface area (Å²) in [5.41, 5.74) is -0.153. The van der Waals surface area contributed by atoms with Crippen LogP contribution in [0.1, 0.15) is 65.2 Å². The predicted octanol–water partition coefficient (Wildman–Crippen LogP) is 3.65. The van der Waals surface area contributed by atoms with Crippen LogP contribution in [-0.4, -0.2) is 30.3 Å². The molecule has 0 spiro atoms. The SMILES string of the molecule is CCC(C)CC(=O)C1(N(C)C)CCCCCC1. The molecule has 1 aliphatic carbocycles. The highest BCUT2D eigenvalue weighted by Gasteiger charge is 2.40. The molecule has 1 atom stereocenters. The van der Waals surface area contributed by atoms with E-state index in [1.54, 1.807) is 0 Å². The van der Waals surface area contributed by atoms with E-state index in [1.165, 1.54) is 25.7 Å². The Morgan fingerprint density at radius 3 is 2.12 bits per heavy atom. The van der Waals surface area contributed by atoms with Gasteiger partial charge in [-0.2, -0.15) is 0 Å². The summed E-state index contributed by atoms with van der Waals surface area (Å²) in [7, 11) is 4.17. The molecule has 0 heterocycles. The van der Waals surface area contributed by atoms with E-state index >= 15 is 0 Å². The van der Waals surface area contributed by atoms with Crippen molar-refractivity contribution in [3.63, 3.8) is 0 Å². The van der Waals surface area contributed by atoms with Crippen molar-refractivity contribution < 1.29 is 4.79 Å². The lowest BCUT2D eigenvalue weighted by Crippen LogP contribution is -2.51. The van der Waals surface area contributed by atoms with Gasteiger partial charge in [-0.1, -0.05) is 46.0 Å². The van der Waals surface area contributed by atoms with Crippen LogP contribution in [0.15, 0.2) is 0 Å². The summed E-state index contributed by atoms with van der Waals surface area (Å²) >= 11 is 0. The van der Waals surface area contributed by atoms with Crippen LogP contribution < -0.4 is 0 Å². The van der Waals surface area contributed by atoms with Gasteiger partial charge in [0.05, 0.1) is 5.54 Å². The first kappa shape index (κ1) is 14.7. The van der Waals surface area contributed by atoms with Gasteiger partial charge in [0.2, 0.25) is 0 Å². The lowest BCUT2D eigenvalue weighted by Gasteiger charge is -2.38. The van der Waals surface area contributed by atoms with Gasteiger partial charge in [0, 0.05) is 6.42 Å². The Bertz CT molecular complexity index is 239. The Morgan fingerprint density at radius 2 is 1.71 bits per heavy atom. The largest absolute Gasteiger partial charge is 0.298 e. The Morgan fingerprint density at radius 1 is 1.18 bits per heavy atom. The topological polar surface area (TPSA) is 20.3 Å². The number of Topliss-reactive ketones (excluding diaryl/α,β-unsaturated/α-hetero) is 1. The zero-order chi connectivity index (χ0) is 12.9. The molecular formula is C15H29NO. The zero-order valence-electron chi connectivity index (χ0n) is 12.1. The number of nitrogens with zero attached hydrogens (tertiary/aromatic N) is 1. The molecule has 1 saturated carbocycles. The van der Waals surface area contributed by atoms with Crippen molar-refractivity contribution in [2.24, 2.45) is 5.92 Å². The average molecular weight is 239 g/mol. The fraction of sp³-hybridized carbons (Fsp3) is 0.933. The van der Waals surface area contributed by atoms with Crippen LogP contribution in [0.4, 0.5) is 0 Å². The third-order valence-electron chi connectivity index (χ3n) is 4.54. The van der Waals surface area contributed by atoms with Gasteiger partial charge >= 0.3 is 0 Å². The van der Waals surface area contributed by atoms with Crippen molar-refractivity contribution in [2.45, 2.75) is 70.8 Å². The van der Waals surface area contributed by atoms with Crippen LogP contribution in [0, 0.1) is 5.92 Å². The molecule has 0 amide bonds. The van der Waals surface area contributed by atoms with E-state index in [2.05, 4.69) is 32.8 Å². The van der Waals surface area contributed by atoms with Crippen LogP contribution in [0.5, 0.6) is 0 Å². The maximum atomic E-state index is 12.6. The smallest absolute Gasteiger partial charge is 0.153 e. The van der Waals surface area contributed by atoms with Gasteiger partial charge in [-0.25, -0.2) is 0 Å². The fourth-order valence-electron chi connectivity index (χ4n) is 2.94. The number of hydrogen-bond donors (Lipinski definition) is 0. The zero-order valence-corrected chi connectivity index (χ0v) is 12.1. The second-order valence-corrected chi connectivity index (χ2v) is 5.98. The highest BCUT2D eigenvalue weighted by atomic mass is 16.1. The molecule has 0 N–H and O–H groups in total. The Hall–Kier alpha value is -0.370. The van der Waals surface area contributed by atoms with Gasteiger partial charge in [0.25, 0.3) is 0 Å². The van der Waals surface area contributed by atoms with E-state index in [9.17, 15) is 4.79 Å². The molecule has 100 valence electrons. The van der Waals surface area contributed by atoms with Crippen molar-refractivity contribution in [1.29, 1.82) is 0 Å². The Labute approximate surface area is 107 Å². The number of ketones is 1. The highest BCUT2D eigenvalue weighted by molar-refractivity contribution is 5.88. The van der Waals surface area contributed by atoms with E-state index in [1.807, 2.05) is 0 Å². The third kappa shape index (κ3) is 3.54. The maximum Gasteiger partial charge on any atom is 0.153 e. The number of rotatable bonds is 5. The molecule has 0 radical (unpaired) electrons. The first-order chi connectivity index (χ1) is 8.03. The minimum Gasteiger partial charge on any atom is -0.298 e. The maximum absolute atomic E-state index is 12.6. The quantitative estimate of drug-likeness (QED) is 0.683. The van der Waals surface area contributed by atoms with E-state index in [-0.39, 0.29) is 5.54 Å². The molecule has 0 saturated heterocycles. The summed E-state index contributed by atoms with van der Waals surface area (Å²) in [6.07, 6.45) is 9.02. The van der Waals surface area contributed by atoms with Gasteiger partial charge in [-0.15, -0.1) is 0 Å². The van der Waals surface area contributed by atoms with Crippen molar-refractivity contribution >= 4 is 5.78 Å².